The maximum Gasteiger partial charge on any atom is 0.320 e. The monoisotopic (exact) mass is 203 g/mol. The van der Waals surface area contributed by atoms with Gasteiger partial charge in [0.15, 0.2) is 0 Å². The van der Waals surface area contributed by atoms with Gasteiger partial charge in [0, 0.05) is 13.7 Å². The highest BCUT2D eigenvalue weighted by Gasteiger charge is 2.11. The van der Waals surface area contributed by atoms with Crippen LogP contribution in [0.25, 0.3) is 0 Å². The molecule has 4 nitrogen and oxygen atoms in total. The van der Waals surface area contributed by atoms with E-state index in [0.29, 0.717) is 19.1 Å². The zero-order valence-electron chi connectivity index (χ0n) is 9.50. The topological polar surface area (TPSA) is 47.6 Å². The van der Waals surface area contributed by atoms with E-state index in [2.05, 4.69) is 5.32 Å². The van der Waals surface area contributed by atoms with Crippen LogP contribution in [0.4, 0.5) is 0 Å². The fourth-order valence-corrected chi connectivity index (χ4v) is 0.750. The Balaban J connectivity index is 3.45. The summed E-state index contributed by atoms with van der Waals surface area (Å²) < 4.78 is 9.98. The molecule has 0 saturated carbocycles. The van der Waals surface area contributed by atoms with Crippen molar-refractivity contribution in [3.63, 3.8) is 0 Å². The third-order valence-electron chi connectivity index (χ3n) is 2.01. The van der Waals surface area contributed by atoms with Crippen molar-refractivity contribution in [1.29, 1.82) is 0 Å². The lowest BCUT2D eigenvalue weighted by Crippen LogP contribution is -2.30. The molecular weight excluding hydrogens is 182 g/mol. The van der Waals surface area contributed by atoms with Crippen LogP contribution in [-0.4, -0.2) is 38.9 Å². The molecule has 0 spiro atoms. The van der Waals surface area contributed by atoms with E-state index in [9.17, 15) is 4.79 Å². The summed E-state index contributed by atoms with van der Waals surface area (Å²) in [6.45, 7) is 7.47. The molecule has 0 aliphatic rings. The Bertz CT molecular complexity index is 159. The van der Waals surface area contributed by atoms with E-state index in [1.165, 1.54) is 0 Å². The van der Waals surface area contributed by atoms with E-state index in [4.69, 9.17) is 9.47 Å². The van der Waals surface area contributed by atoms with Crippen LogP contribution in [0.1, 0.15) is 20.8 Å². The summed E-state index contributed by atoms with van der Waals surface area (Å²) in [5.41, 5.74) is 0. The fraction of sp³-hybridized carbons (Fsp3) is 0.900. The van der Waals surface area contributed by atoms with E-state index in [-0.39, 0.29) is 18.6 Å². The average molecular weight is 203 g/mol. The van der Waals surface area contributed by atoms with E-state index in [0.717, 1.165) is 0 Å². The van der Waals surface area contributed by atoms with Crippen molar-refractivity contribution in [1.82, 2.24) is 5.32 Å². The van der Waals surface area contributed by atoms with Gasteiger partial charge in [0.1, 0.15) is 6.10 Å². The van der Waals surface area contributed by atoms with Gasteiger partial charge in [0.25, 0.3) is 0 Å². The number of rotatable bonds is 7. The maximum absolute atomic E-state index is 11.2. The highest BCUT2D eigenvalue weighted by atomic mass is 16.5. The first-order valence-electron chi connectivity index (χ1n) is 4.97. The summed E-state index contributed by atoms with van der Waals surface area (Å²) in [6.07, 6.45) is -0.0216. The molecule has 1 N–H and O–H groups in total. The summed E-state index contributed by atoms with van der Waals surface area (Å²) >= 11 is 0. The van der Waals surface area contributed by atoms with Crippen molar-refractivity contribution in [3.8, 4) is 0 Å². The maximum atomic E-state index is 11.2. The smallest absolute Gasteiger partial charge is 0.320 e. The number of ether oxygens (including phenoxy) is 2. The summed E-state index contributed by atoms with van der Waals surface area (Å²) in [5, 5.41) is 2.93. The molecule has 0 aromatic rings. The molecule has 14 heavy (non-hydrogen) atoms. The summed E-state index contributed by atoms with van der Waals surface area (Å²) in [5.74, 6) is 0.153. The molecule has 0 fully saturated rings. The largest absolute Gasteiger partial charge is 0.461 e. The lowest BCUT2D eigenvalue weighted by Gasteiger charge is -2.16. The van der Waals surface area contributed by atoms with Crippen LogP contribution < -0.4 is 5.32 Å². The standard InChI is InChI=1S/C10H21NO3/c1-8(2)9(3)14-10(12)7-11-5-6-13-4/h8-9,11H,5-7H2,1-4H3. The van der Waals surface area contributed by atoms with E-state index in [1.54, 1.807) is 7.11 Å². The molecule has 0 aliphatic heterocycles. The van der Waals surface area contributed by atoms with Crippen molar-refractivity contribution in [3.05, 3.63) is 0 Å². The quantitative estimate of drug-likeness (QED) is 0.491. The van der Waals surface area contributed by atoms with Gasteiger partial charge in [-0.05, 0) is 12.8 Å². The Morgan fingerprint density at radius 3 is 2.50 bits per heavy atom. The molecule has 0 aromatic carbocycles. The second kappa shape index (κ2) is 7.76. The Morgan fingerprint density at radius 2 is 2.00 bits per heavy atom. The van der Waals surface area contributed by atoms with Gasteiger partial charge in [-0.25, -0.2) is 0 Å². The third kappa shape index (κ3) is 6.86. The van der Waals surface area contributed by atoms with Crippen LogP contribution in [0.3, 0.4) is 0 Å². The summed E-state index contributed by atoms with van der Waals surface area (Å²) in [4.78, 5) is 11.2. The van der Waals surface area contributed by atoms with Crippen molar-refractivity contribution in [2.75, 3.05) is 26.8 Å². The second-order valence-corrected chi connectivity index (χ2v) is 3.61. The Labute approximate surface area is 86.0 Å². The highest BCUT2D eigenvalue weighted by Crippen LogP contribution is 2.04. The number of methoxy groups -OCH3 is 1. The summed E-state index contributed by atoms with van der Waals surface area (Å²) in [6, 6.07) is 0. The normalized spacial score (nSPS) is 12.9. The number of hydrogen-bond acceptors (Lipinski definition) is 4. The number of nitrogens with one attached hydrogen (secondary N) is 1. The third-order valence-corrected chi connectivity index (χ3v) is 2.01. The minimum atomic E-state index is -0.206. The zero-order valence-corrected chi connectivity index (χ0v) is 9.50. The number of hydrogen-bond donors (Lipinski definition) is 1. The van der Waals surface area contributed by atoms with Crippen molar-refractivity contribution in [2.45, 2.75) is 26.9 Å². The first-order chi connectivity index (χ1) is 6.57. The van der Waals surface area contributed by atoms with Gasteiger partial charge in [-0.3, -0.25) is 4.79 Å². The molecule has 84 valence electrons. The van der Waals surface area contributed by atoms with Gasteiger partial charge in [0.05, 0.1) is 13.2 Å². The van der Waals surface area contributed by atoms with Gasteiger partial charge in [-0.15, -0.1) is 0 Å². The van der Waals surface area contributed by atoms with Crippen LogP contribution in [0.5, 0.6) is 0 Å². The van der Waals surface area contributed by atoms with Gasteiger partial charge >= 0.3 is 5.97 Å². The van der Waals surface area contributed by atoms with Gasteiger partial charge < -0.3 is 14.8 Å². The highest BCUT2D eigenvalue weighted by molar-refractivity contribution is 5.71. The molecule has 4 heteroatoms. The predicted octanol–water partition coefficient (Wildman–Crippen LogP) is 0.810. The molecule has 1 atom stereocenters. The Kier molecular flexibility index (Phi) is 7.42. The van der Waals surface area contributed by atoms with Crippen molar-refractivity contribution >= 4 is 5.97 Å². The molecular formula is C10H21NO3. The molecule has 0 saturated heterocycles. The Morgan fingerprint density at radius 1 is 1.36 bits per heavy atom. The van der Waals surface area contributed by atoms with Crippen molar-refractivity contribution < 1.29 is 14.3 Å². The van der Waals surface area contributed by atoms with E-state index in [1.807, 2.05) is 20.8 Å². The molecule has 0 aromatic heterocycles. The van der Waals surface area contributed by atoms with E-state index >= 15 is 0 Å². The number of esters is 1. The molecule has 0 amide bonds. The molecule has 0 heterocycles. The number of carbonyl (C=O) groups is 1. The van der Waals surface area contributed by atoms with Crippen LogP contribution in [-0.2, 0) is 14.3 Å². The van der Waals surface area contributed by atoms with Gasteiger partial charge in [-0.1, -0.05) is 13.8 Å². The van der Waals surface area contributed by atoms with Crippen molar-refractivity contribution in [2.24, 2.45) is 5.92 Å². The molecule has 0 aliphatic carbocycles. The molecule has 0 bridgehead atoms. The lowest BCUT2D eigenvalue weighted by molar-refractivity contribution is -0.149. The molecule has 0 radical (unpaired) electrons. The van der Waals surface area contributed by atoms with Crippen LogP contribution in [0.15, 0.2) is 0 Å². The average Bonchev–Trinajstić information content (AvgIpc) is 2.12. The van der Waals surface area contributed by atoms with Crippen LogP contribution >= 0.6 is 0 Å². The number of carbonyl (C=O) groups excluding carboxylic acids is 1. The zero-order chi connectivity index (χ0) is 11.0. The first kappa shape index (κ1) is 13.4. The minimum Gasteiger partial charge on any atom is -0.461 e. The van der Waals surface area contributed by atoms with Gasteiger partial charge in [0.2, 0.25) is 0 Å². The predicted molar refractivity (Wildman–Crippen MR) is 55.1 cm³/mol. The summed E-state index contributed by atoms with van der Waals surface area (Å²) in [7, 11) is 1.63. The van der Waals surface area contributed by atoms with E-state index < -0.39 is 0 Å². The second-order valence-electron chi connectivity index (χ2n) is 3.61. The van der Waals surface area contributed by atoms with Crippen LogP contribution in [0.2, 0.25) is 0 Å². The SMILES string of the molecule is COCCNCC(=O)OC(C)C(C)C. The lowest BCUT2D eigenvalue weighted by atomic mass is 10.1. The Hall–Kier alpha value is -0.610. The molecule has 1 unspecified atom stereocenters. The van der Waals surface area contributed by atoms with Gasteiger partial charge in [-0.2, -0.15) is 0 Å². The fourth-order valence-electron chi connectivity index (χ4n) is 0.750. The minimum absolute atomic E-state index is 0.0216. The van der Waals surface area contributed by atoms with Crippen LogP contribution in [0, 0.1) is 5.92 Å². The molecule has 0 rings (SSSR count). The first-order valence-corrected chi connectivity index (χ1v) is 4.97.